The number of rotatable bonds is 3. The van der Waals surface area contributed by atoms with Crippen LogP contribution >= 0.6 is 0 Å². The fraction of sp³-hybridized carbons (Fsp3) is 0.222. The molecule has 6 heteroatoms. The monoisotopic (exact) mass is 219 g/mol. The highest BCUT2D eigenvalue weighted by molar-refractivity contribution is 5.75. The van der Waals surface area contributed by atoms with Crippen LogP contribution in [-0.4, -0.2) is 13.5 Å². The molecule has 1 amide bonds. The molecule has 0 atom stereocenters. The lowest BCUT2D eigenvalue weighted by Gasteiger charge is -2.11. The first-order chi connectivity index (χ1) is 6.99. The largest absolute Gasteiger partial charge is 0.495 e. The Kier molecular flexibility index (Phi) is 3.18. The number of amides is 1. The minimum atomic E-state index is -4.44. The molecule has 15 heavy (non-hydrogen) atoms. The van der Waals surface area contributed by atoms with Gasteiger partial charge in [-0.25, -0.2) is 0 Å². The Morgan fingerprint density at radius 2 is 2.07 bits per heavy atom. The smallest absolute Gasteiger partial charge is 0.416 e. The minimum Gasteiger partial charge on any atom is -0.495 e. The standard InChI is InChI=1S/C9H8F3NO2/c1-15-8-3-2-6(9(10,11)12)4-7(8)13-5-14/h2-5H,1H3,(H,13,14). The first kappa shape index (κ1) is 11.4. The van der Waals surface area contributed by atoms with Crippen molar-refractivity contribution in [1.82, 2.24) is 0 Å². The molecule has 0 aliphatic rings. The zero-order valence-electron chi connectivity index (χ0n) is 7.76. The third kappa shape index (κ3) is 2.61. The number of hydrogen-bond donors (Lipinski definition) is 1. The lowest BCUT2D eigenvalue weighted by atomic mass is 10.2. The highest BCUT2D eigenvalue weighted by Gasteiger charge is 2.31. The normalized spacial score (nSPS) is 10.9. The predicted octanol–water partition coefficient (Wildman–Crippen LogP) is 2.28. The van der Waals surface area contributed by atoms with Crippen LogP contribution in [0, 0.1) is 0 Å². The summed E-state index contributed by atoms with van der Waals surface area (Å²) in [6.45, 7) is 0. The maximum Gasteiger partial charge on any atom is 0.416 e. The minimum absolute atomic E-state index is 0.0117. The third-order valence-corrected chi connectivity index (χ3v) is 1.74. The summed E-state index contributed by atoms with van der Waals surface area (Å²) in [5, 5.41) is 2.13. The van der Waals surface area contributed by atoms with Crippen LogP contribution in [0.15, 0.2) is 18.2 Å². The van der Waals surface area contributed by atoms with Crippen LogP contribution in [0.5, 0.6) is 5.75 Å². The van der Waals surface area contributed by atoms with E-state index in [9.17, 15) is 18.0 Å². The van der Waals surface area contributed by atoms with E-state index in [1.165, 1.54) is 7.11 Å². The van der Waals surface area contributed by atoms with Gasteiger partial charge in [-0.15, -0.1) is 0 Å². The Morgan fingerprint density at radius 3 is 2.53 bits per heavy atom. The fourth-order valence-electron chi connectivity index (χ4n) is 1.06. The number of anilines is 1. The number of ether oxygens (including phenoxy) is 1. The molecule has 0 bridgehead atoms. The molecule has 0 saturated heterocycles. The Balaban J connectivity index is 3.15. The van der Waals surface area contributed by atoms with Gasteiger partial charge in [0, 0.05) is 0 Å². The van der Waals surface area contributed by atoms with Gasteiger partial charge in [-0.2, -0.15) is 13.2 Å². The highest BCUT2D eigenvalue weighted by Crippen LogP contribution is 2.34. The number of nitrogens with one attached hydrogen (secondary N) is 1. The van der Waals surface area contributed by atoms with Gasteiger partial charge in [-0.3, -0.25) is 4.79 Å². The first-order valence-corrected chi connectivity index (χ1v) is 3.94. The van der Waals surface area contributed by atoms with E-state index in [0.29, 0.717) is 0 Å². The maximum absolute atomic E-state index is 12.3. The maximum atomic E-state index is 12.3. The van der Waals surface area contributed by atoms with Gasteiger partial charge < -0.3 is 10.1 Å². The van der Waals surface area contributed by atoms with Crippen molar-refractivity contribution in [2.75, 3.05) is 12.4 Å². The molecule has 1 N–H and O–H groups in total. The SMILES string of the molecule is COc1ccc(C(F)(F)F)cc1NC=O. The summed E-state index contributed by atoms with van der Waals surface area (Å²) in [5.74, 6) is 0.176. The fourth-order valence-corrected chi connectivity index (χ4v) is 1.06. The second kappa shape index (κ2) is 4.20. The number of halogens is 3. The lowest BCUT2D eigenvalue weighted by Crippen LogP contribution is -2.06. The molecule has 3 nitrogen and oxygen atoms in total. The summed E-state index contributed by atoms with van der Waals surface area (Å²) in [6, 6.07) is 2.84. The van der Waals surface area contributed by atoms with Crippen molar-refractivity contribution in [2.45, 2.75) is 6.18 Å². The van der Waals surface area contributed by atoms with Gasteiger partial charge in [-0.1, -0.05) is 0 Å². The van der Waals surface area contributed by atoms with Gasteiger partial charge >= 0.3 is 6.18 Å². The predicted molar refractivity (Wildman–Crippen MR) is 47.7 cm³/mol. The Morgan fingerprint density at radius 1 is 1.40 bits per heavy atom. The van der Waals surface area contributed by atoms with E-state index >= 15 is 0 Å². The van der Waals surface area contributed by atoms with Crippen molar-refractivity contribution >= 4 is 12.1 Å². The van der Waals surface area contributed by atoms with E-state index in [4.69, 9.17) is 4.74 Å². The van der Waals surface area contributed by atoms with E-state index in [1.807, 2.05) is 0 Å². The molecule has 0 spiro atoms. The molecule has 0 fully saturated rings. The van der Waals surface area contributed by atoms with Gasteiger partial charge in [0.15, 0.2) is 0 Å². The molecule has 0 aromatic heterocycles. The van der Waals surface area contributed by atoms with Crippen molar-refractivity contribution in [1.29, 1.82) is 0 Å². The summed E-state index contributed by atoms with van der Waals surface area (Å²) in [7, 11) is 1.30. The molecule has 1 aromatic rings. The van der Waals surface area contributed by atoms with Crippen molar-refractivity contribution in [3.8, 4) is 5.75 Å². The molecule has 0 radical (unpaired) electrons. The summed E-state index contributed by atoms with van der Waals surface area (Å²) >= 11 is 0. The van der Waals surface area contributed by atoms with Crippen LogP contribution in [0.2, 0.25) is 0 Å². The Bertz CT molecular complexity index is 363. The van der Waals surface area contributed by atoms with Crippen molar-refractivity contribution in [2.24, 2.45) is 0 Å². The number of carbonyl (C=O) groups excluding carboxylic acids is 1. The van der Waals surface area contributed by atoms with E-state index in [1.54, 1.807) is 0 Å². The second-order valence-electron chi connectivity index (χ2n) is 2.68. The van der Waals surface area contributed by atoms with Crippen LogP contribution in [-0.2, 0) is 11.0 Å². The van der Waals surface area contributed by atoms with Crippen LogP contribution in [0.4, 0.5) is 18.9 Å². The van der Waals surface area contributed by atoms with Gasteiger partial charge in [0.1, 0.15) is 5.75 Å². The second-order valence-corrected chi connectivity index (χ2v) is 2.68. The topological polar surface area (TPSA) is 38.3 Å². The lowest BCUT2D eigenvalue weighted by molar-refractivity contribution is -0.137. The molecule has 0 unspecified atom stereocenters. The van der Waals surface area contributed by atoms with Crippen LogP contribution in [0.25, 0.3) is 0 Å². The number of hydrogen-bond acceptors (Lipinski definition) is 2. The molecule has 0 aliphatic carbocycles. The van der Waals surface area contributed by atoms with E-state index in [2.05, 4.69) is 5.32 Å². The number of methoxy groups -OCH3 is 1. The van der Waals surface area contributed by atoms with E-state index in [-0.39, 0.29) is 17.8 Å². The average molecular weight is 219 g/mol. The van der Waals surface area contributed by atoms with Crippen molar-refractivity contribution < 1.29 is 22.7 Å². The molecule has 1 rings (SSSR count). The molecular weight excluding hydrogens is 211 g/mol. The molecule has 1 aromatic carbocycles. The zero-order valence-corrected chi connectivity index (χ0v) is 7.76. The van der Waals surface area contributed by atoms with Crippen LogP contribution < -0.4 is 10.1 Å². The van der Waals surface area contributed by atoms with E-state index < -0.39 is 11.7 Å². The zero-order chi connectivity index (χ0) is 11.5. The van der Waals surface area contributed by atoms with Gasteiger partial charge in [0.2, 0.25) is 6.41 Å². The van der Waals surface area contributed by atoms with Gasteiger partial charge in [-0.05, 0) is 18.2 Å². The van der Waals surface area contributed by atoms with E-state index in [0.717, 1.165) is 18.2 Å². The number of benzene rings is 1. The Hall–Kier alpha value is -1.72. The molecular formula is C9H8F3NO2. The average Bonchev–Trinajstić information content (AvgIpc) is 2.17. The summed E-state index contributed by atoms with van der Waals surface area (Å²) in [5.41, 5.74) is -0.852. The molecule has 82 valence electrons. The summed E-state index contributed by atoms with van der Waals surface area (Å²) in [4.78, 5) is 10.2. The Labute approximate surface area is 83.8 Å². The van der Waals surface area contributed by atoms with Crippen LogP contribution in [0.1, 0.15) is 5.56 Å². The number of alkyl halides is 3. The quantitative estimate of drug-likeness (QED) is 0.792. The highest BCUT2D eigenvalue weighted by atomic mass is 19.4. The first-order valence-electron chi connectivity index (χ1n) is 3.94. The summed E-state index contributed by atoms with van der Waals surface area (Å²) in [6.07, 6.45) is -4.15. The van der Waals surface area contributed by atoms with Crippen molar-refractivity contribution in [3.63, 3.8) is 0 Å². The molecule has 0 heterocycles. The third-order valence-electron chi connectivity index (χ3n) is 1.74. The molecule has 0 aliphatic heterocycles. The summed E-state index contributed by atoms with van der Waals surface area (Å²) < 4.78 is 41.6. The van der Waals surface area contributed by atoms with Gasteiger partial charge in [0.25, 0.3) is 0 Å². The van der Waals surface area contributed by atoms with Gasteiger partial charge in [0.05, 0.1) is 18.4 Å². The number of carbonyl (C=O) groups is 1. The van der Waals surface area contributed by atoms with Crippen molar-refractivity contribution in [3.05, 3.63) is 23.8 Å². The van der Waals surface area contributed by atoms with Crippen LogP contribution in [0.3, 0.4) is 0 Å². The molecule has 0 saturated carbocycles.